The van der Waals surface area contributed by atoms with Gasteiger partial charge < -0.3 is 10.3 Å². The summed E-state index contributed by atoms with van der Waals surface area (Å²) in [7, 11) is 1.92. The minimum atomic E-state index is 0.779. The molecule has 0 atom stereocenters. The van der Waals surface area contributed by atoms with E-state index in [1.807, 2.05) is 29.8 Å². The maximum atomic E-state index is 5.68. The minimum absolute atomic E-state index is 0.779. The first-order valence-electron chi connectivity index (χ1n) is 4.23. The Morgan fingerprint density at radius 2 is 2.27 bits per heavy atom. The van der Waals surface area contributed by atoms with Gasteiger partial charge in [0, 0.05) is 21.2 Å². The molecular formula is C9H9IN4S. The molecule has 15 heavy (non-hydrogen) atoms. The van der Waals surface area contributed by atoms with Crippen LogP contribution in [0.3, 0.4) is 0 Å². The average molecular weight is 332 g/mol. The summed E-state index contributed by atoms with van der Waals surface area (Å²) >= 11 is 3.85. The van der Waals surface area contributed by atoms with Crippen LogP contribution in [0.25, 0.3) is 0 Å². The summed E-state index contributed by atoms with van der Waals surface area (Å²) in [6, 6.07) is 5.83. The quantitative estimate of drug-likeness (QED) is 0.676. The van der Waals surface area contributed by atoms with Crippen molar-refractivity contribution in [3.8, 4) is 0 Å². The lowest BCUT2D eigenvalue weighted by atomic mass is 10.3. The van der Waals surface area contributed by atoms with Crippen molar-refractivity contribution in [3.05, 3.63) is 28.1 Å². The fourth-order valence-corrected chi connectivity index (χ4v) is 2.70. The number of hydrogen-bond donors (Lipinski definition) is 1. The molecule has 0 radical (unpaired) electrons. The van der Waals surface area contributed by atoms with Gasteiger partial charge in [0.1, 0.15) is 6.33 Å². The van der Waals surface area contributed by atoms with Crippen molar-refractivity contribution < 1.29 is 0 Å². The minimum Gasteiger partial charge on any atom is -0.399 e. The van der Waals surface area contributed by atoms with Gasteiger partial charge in [-0.05, 0) is 52.6 Å². The lowest BCUT2D eigenvalue weighted by Gasteiger charge is -2.03. The Balaban J connectivity index is 2.29. The average Bonchev–Trinajstić information content (AvgIpc) is 2.57. The van der Waals surface area contributed by atoms with Crippen molar-refractivity contribution in [1.82, 2.24) is 14.8 Å². The van der Waals surface area contributed by atoms with E-state index < -0.39 is 0 Å². The number of aryl methyl sites for hydroxylation is 1. The molecule has 0 aliphatic rings. The van der Waals surface area contributed by atoms with Crippen molar-refractivity contribution in [2.45, 2.75) is 10.1 Å². The number of nitrogen functional groups attached to an aromatic ring is 1. The Labute approximate surface area is 105 Å². The van der Waals surface area contributed by atoms with Crippen LogP contribution in [0.15, 0.2) is 34.6 Å². The van der Waals surface area contributed by atoms with Gasteiger partial charge in [0.25, 0.3) is 0 Å². The van der Waals surface area contributed by atoms with Crippen molar-refractivity contribution >= 4 is 40.0 Å². The third kappa shape index (κ3) is 2.43. The van der Waals surface area contributed by atoms with E-state index in [2.05, 4.69) is 32.8 Å². The number of hydrogen-bond acceptors (Lipinski definition) is 4. The standard InChI is InChI=1S/C9H9IN4S/c1-14-5-12-13-9(14)15-8-3-2-6(11)4-7(8)10/h2-5H,11H2,1H3. The Morgan fingerprint density at radius 1 is 1.47 bits per heavy atom. The molecule has 1 aromatic carbocycles. The Kier molecular flexibility index (Phi) is 3.15. The van der Waals surface area contributed by atoms with Crippen LogP contribution in [-0.2, 0) is 7.05 Å². The topological polar surface area (TPSA) is 56.7 Å². The number of benzene rings is 1. The van der Waals surface area contributed by atoms with Crippen molar-refractivity contribution in [2.75, 3.05) is 5.73 Å². The first kappa shape index (κ1) is 10.7. The van der Waals surface area contributed by atoms with E-state index in [1.165, 1.54) is 0 Å². The van der Waals surface area contributed by atoms with Gasteiger partial charge in [-0.1, -0.05) is 0 Å². The van der Waals surface area contributed by atoms with E-state index in [-0.39, 0.29) is 0 Å². The monoisotopic (exact) mass is 332 g/mol. The van der Waals surface area contributed by atoms with Gasteiger partial charge in [-0.3, -0.25) is 0 Å². The smallest absolute Gasteiger partial charge is 0.195 e. The zero-order valence-corrected chi connectivity index (χ0v) is 11.0. The molecule has 78 valence electrons. The molecule has 0 fully saturated rings. The van der Waals surface area contributed by atoms with Gasteiger partial charge >= 0.3 is 0 Å². The van der Waals surface area contributed by atoms with E-state index >= 15 is 0 Å². The summed E-state index contributed by atoms with van der Waals surface area (Å²) in [5.41, 5.74) is 6.46. The summed E-state index contributed by atoms with van der Waals surface area (Å²) < 4.78 is 3.01. The van der Waals surface area contributed by atoms with E-state index in [1.54, 1.807) is 18.1 Å². The number of aromatic nitrogens is 3. The largest absolute Gasteiger partial charge is 0.399 e. The van der Waals surface area contributed by atoms with Gasteiger partial charge in [0.05, 0.1) is 0 Å². The van der Waals surface area contributed by atoms with Crippen LogP contribution in [0.4, 0.5) is 5.69 Å². The van der Waals surface area contributed by atoms with Gasteiger partial charge in [-0.25, -0.2) is 0 Å². The summed E-state index contributed by atoms with van der Waals surface area (Å²) in [5.74, 6) is 0. The molecule has 0 saturated heterocycles. The lowest BCUT2D eigenvalue weighted by Crippen LogP contribution is -1.91. The molecule has 0 aliphatic heterocycles. The highest BCUT2D eigenvalue weighted by molar-refractivity contribution is 14.1. The molecule has 0 unspecified atom stereocenters. The molecule has 0 aliphatic carbocycles. The van der Waals surface area contributed by atoms with Crippen LogP contribution in [-0.4, -0.2) is 14.8 Å². The lowest BCUT2D eigenvalue weighted by molar-refractivity contribution is 0.788. The summed E-state index contributed by atoms with van der Waals surface area (Å²) in [4.78, 5) is 1.14. The van der Waals surface area contributed by atoms with E-state index in [0.29, 0.717) is 0 Å². The molecule has 4 nitrogen and oxygen atoms in total. The molecule has 6 heteroatoms. The number of rotatable bonds is 2. The second-order valence-corrected chi connectivity index (χ2v) is 5.19. The zero-order chi connectivity index (χ0) is 10.8. The number of nitrogens with zero attached hydrogens (tertiary/aromatic N) is 3. The van der Waals surface area contributed by atoms with Gasteiger partial charge in [-0.15, -0.1) is 10.2 Å². The van der Waals surface area contributed by atoms with Crippen LogP contribution in [0.1, 0.15) is 0 Å². The highest BCUT2D eigenvalue weighted by Crippen LogP contribution is 2.30. The van der Waals surface area contributed by atoms with Gasteiger partial charge in [0.15, 0.2) is 5.16 Å². The maximum Gasteiger partial charge on any atom is 0.195 e. The Morgan fingerprint density at radius 3 is 2.87 bits per heavy atom. The van der Waals surface area contributed by atoms with Crippen LogP contribution in [0.5, 0.6) is 0 Å². The SMILES string of the molecule is Cn1cnnc1Sc1ccc(N)cc1I. The number of anilines is 1. The molecule has 1 heterocycles. The summed E-state index contributed by atoms with van der Waals surface area (Å²) in [6.45, 7) is 0. The van der Waals surface area contributed by atoms with Crippen LogP contribution in [0.2, 0.25) is 0 Å². The van der Waals surface area contributed by atoms with Crippen molar-refractivity contribution in [1.29, 1.82) is 0 Å². The summed E-state index contributed by atoms with van der Waals surface area (Å²) in [6.07, 6.45) is 1.69. The summed E-state index contributed by atoms with van der Waals surface area (Å²) in [5, 5.41) is 8.72. The fourth-order valence-electron chi connectivity index (χ4n) is 1.06. The highest BCUT2D eigenvalue weighted by atomic mass is 127. The molecule has 0 spiro atoms. The number of nitrogens with two attached hydrogens (primary N) is 1. The first-order chi connectivity index (χ1) is 7.16. The molecule has 2 aromatic rings. The van der Waals surface area contributed by atoms with Crippen LogP contribution in [0, 0.1) is 3.57 Å². The molecule has 0 bridgehead atoms. The predicted octanol–water partition coefficient (Wildman–Crippen LogP) is 2.15. The molecule has 0 amide bonds. The van der Waals surface area contributed by atoms with E-state index in [0.717, 1.165) is 19.3 Å². The van der Waals surface area contributed by atoms with Crippen LogP contribution < -0.4 is 5.73 Å². The second kappa shape index (κ2) is 4.40. The van der Waals surface area contributed by atoms with Crippen LogP contribution >= 0.6 is 34.4 Å². The fraction of sp³-hybridized carbons (Fsp3) is 0.111. The zero-order valence-electron chi connectivity index (χ0n) is 8.01. The first-order valence-corrected chi connectivity index (χ1v) is 6.13. The third-order valence-corrected chi connectivity index (χ3v) is 4.21. The molecule has 2 N–H and O–H groups in total. The normalized spacial score (nSPS) is 10.5. The molecule has 0 saturated carbocycles. The molecular weight excluding hydrogens is 323 g/mol. The van der Waals surface area contributed by atoms with Gasteiger partial charge in [0.2, 0.25) is 0 Å². The maximum absolute atomic E-state index is 5.68. The van der Waals surface area contributed by atoms with Gasteiger partial charge in [-0.2, -0.15) is 0 Å². The Hall–Kier alpha value is -0.760. The van der Waals surface area contributed by atoms with E-state index in [4.69, 9.17) is 5.73 Å². The molecule has 2 rings (SSSR count). The molecule has 1 aromatic heterocycles. The van der Waals surface area contributed by atoms with Crippen molar-refractivity contribution in [2.24, 2.45) is 7.05 Å². The second-order valence-electron chi connectivity index (χ2n) is 3.02. The van der Waals surface area contributed by atoms with E-state index in [9.17, 15) is 0 Å². The predicted molar refractivity (Wildman–Crippen MR) is 68.7 cm³/mol. The highest BCUT2D eigenvalue weighted by Gasteiger charge is 2.06. The third-order valence-electron chi connectivity index (χ3n) is 1.83. The number of halogens is 1. The van der Waals surface area contributed by atoms with Crippen molar-refractivity contribution in [3.63, 3.8) is 0 Å². The Bertz CT molecular complexity index is 483.